The highest BCUT2D eigenvalue weighted by atomic mass is 16.5. The van der Waals surface area contributed by atoms with Gasteiger partial charge in [0.05, 0.1) is 29.7 Å². The Balaban J connectivity index is 1.47. The van der Waals surface area contributed by atoms with Gasteiger partial charge in [0, 0.05) is 6.54 Å². The third-order valence-electron chi connectivity index (χ3n) is 4.82. The second-order valence-electron chi connectivity index (χ2n) is 7.13. The maximum atomic E-state index is 12.4. The Hall–Kier alpha value is -3.88. The van der Waals surface area contributed by atoms with E-state index < -0.39 is 18.5 Å². The molecule has 0 unspecified atom stereocenters. The second-order valence-corrected chi connectivity index (χ2v) is 7.13. The summed E-state index contributed by atoms with van der Waals surface area (Å²) in [5.41, 5.74) is 1.58. The molecule has 0 aliphatic rings. The Morgan fingerprint density at radius 2 is 1.73 bits per heavy atom. The van der Waals surface area contributed by atoms with E-state index in [0.29, 0.717) is 35.6 Å². The van der Waals surface area contributed by atoms with Gasteiger partial charge in [-0.1, -0.05) is 0 Å². The number of carbonyl (C=O) groups is 2. The van der Waals surface area contributed by atoms with Crippen molar-refractivity contribution in [1.82, 2.24) is 14.9 Å². The summed E-state index contributed by atoms with van der Waals surface area (Å²) >= 11 is 0. The van der Waals surface area contributed by atoms with Gasteiger partial charge in [0.15, 0.2) is 6.61 Å². The number of esters is 1. The summed E-state index contributed by atoms with van der Waals surface area (Å²) in [5, 5.41) is 2.63. The van der Waals surface area contributed by atoms with Crippen molar-refractivity contribution in [2.45, 2.75) is 27.3 Å². The quantitative estimate of drug-likeness (QED) is 0.371. The minimum atomic E-state index is -0.647. The maximum Gasteiger partial charge on any atom is 0.338 e. The number of fused-ring (bicyclic) bond motifs is 1. The SMILES string of the molecule is CCOc1ccc(OCCNC(=O)COC(=O)c2ccc3c(c2)nc(C)c(=O)n3CC)cc1. The number of nitrogens with one attached hydrogen (secondary N) is 1. The number of hydrogen-bond donors (Lipinski definition) is 1. The van der Waals surface area contributed by atoms with Crippen LogP contribution in [0.3, 0.4) is 0 Å². The first-order chi connectivity index (χ1) is 15.9. The number of aryl methyl sites for hydroxylation is 2. The van der Waals surface area contributed by atoms with Crippen molar-refractivity contribution in [1.29, 1.82) is 0 Å². The maximum absolute atomic E-state index is 12.4. The first kappa shape index (κ1) is 23.8. The number of ether oxygens (including phenoxy) is 3. The Kier molecular flexibility index (Phi) is 8.01. The predicted octanol–water partition coefficient (Wildman–Crippen LogP) is 2.48. The molecule has 0 atom stereocenters. The van der Waals surface area contributed by atoms with E-state index in [2.05, 4.69) is 10.3 Å². The Morgan fingerprint density at radius 1 is 1.03 bits per heavy atom. The fourth-order valence-corrected chi connectivity index (χ4v) is 3.24. The molecule has 2 aromatic carbocycles. The largest absolute Gasteiger partial charge is 0.494 e. The van der Waals surface area contributed by atoms with Crippen molar-refractivity contribution in [3.63, 3.8) is 0 Å². The van der Waals surface area contributed by atoms with Crippen LogP contribution in [-0.2, 0) is 16.1 Å². The first-order valence-electron chi connectivity index (χ1n) is 10.7. The monoisotopic (exact) mass is 453 g/mol. The van der Waals surface area contributed by atoms with Crippen molar-refractivity contribution in [2.75, 3.05) is 26.4 Å². The molecule has 33 heavy (non-hydrogen) atoms. The number of hydrogen-bond acceptors (Lipinski definition) is 7. The zero-order valence-corrected chi connectivity index (χ0v) is 18.9. The molecule has 1 aromatic heterocycles. The lowest BCUT2D eigenvalue weighted by Crippen LogP contribution is -2.32. The lowest BCUT2D eigenvalue weighted by Gasteiger charge is -2.11. The van der Waals surface area contributed by atoms with Crippen LogP contribution in [0.5, 0.6) is 11.5 Å². The third kappa shape index (κ3) is 6.09. The van der Waals surface area contributed by atoms with Crippen LogP contribution in [-0.4, -0.2) is 47.8 Å². The molecule has 9 heteroatoms. The van der Waals surface area contributed by atoms with Crippen LogP contribution >= 0.6 is 0 Å². The molecule has 0 aliphatic carbocycles. The summed E-state index contributed by atoms with van der Waals surface area (Å²) in [6.07, 6.45) is 0. The van der Waals surface area contributed by atoms with Gasteiger partial charge in [-0.05, 0) is 63.2 Å². The average Bonchev–Trinajstić information content (AvgIpc) is 2.82. The van der Waals surface area contributed by atoms with Crippen LogP contribution in [0.2, 0.25) is 0 Å². The summed E-state index contributed by atoms with van der Waals surface area (Å²) < 4.78 is 17.6. The zero-order chi connectivity index (χ0) is 23.8. The van der Waals surface area contributed by atoms with Crippen molar-refractivity contribution < 1.29 is 23.8 Å². The summed E-state index contributed by atoms with van der Waals surface area (Å²) in [6.45, 7) is 6.60. The molecule has 0 aliphatic heterocycles. The van der Waals surface area contributed by atoms with Crippen LogP contribution in [0, 0.1) is 6.92 Å². The molecule has 0 spiro atoms. The van der Waals surface area contributed by atoms with E-state index in [-0.39, 0.29) is 24.3 Å². The number of amides is 1. The highest BCUT2D eigenvalue weighted by Crippen LogP contribution is 2.17. The van der Waals surface area contributed by atoms with E-state index in [9.17, 15) is 14.4 Å². The number of nitrogens with zero attached hydrogens (tertiary/aromatic N) is 2. The van der Waals surface area contributed by atoms with Gasteiger partial charge in [-0.2, -0.15) is 0 Å². The molecule has 0 bridgehead atoms. The van der Waals surface area contributed by atoms with Crippen LogP contribution < -0.4 is 20.3 Å². The second kappa shape index (κ2) is 11.1. The van der Waals surface area contributed by atoms with E-state index in [1.807, 2.05) is 26.0 Å². The minimum Gasteiger partial charge on any atom is -0.494 e. The Labute approximate surface area is 191 Å². The minimum absolute atomic E-state index is 0.163. The van der Waals surface area contributed by atoms with Gasteiger partial charge in [-0.3, -0.25) is 9.59 Å². The van der Waals surface area contributed by atoms with Crippen LogP contribution in [0.4, 0.5) is 0 Å². The number of benzene rings is 2. The molecule has 3 rings (SSSR count). The van der Waals surface area contributed by atoms with Gasteiger partial charge in [-0.25, -0.2) is 9.78 Å². The van der Waals surface area contributed by atoms with E-state index in [1.165, 1.54) is 0 Å². The van der Waals surface area contributed by atoms with Crippen molar-refractivity contribution >= 4 is 22.9 Å². The lowest BCUT2D eigenvalue weighted by molar-refractivity contribution is -0.124. The molecule has 9 nitrogen and oxygen atoms in total. The molecule has 174 valence electrons. The van der Waals surface area contributed by atoms with E-state index in [0.717, 1.165) is 5.75 Å². The number of rotatable bonds is 10. The van der Waals surface area contributed by atoms with Gasteiger partial charge in [0.25, 0.3) is 11.5 Å². The molecule has 0 fully saturated rings. The Morgan fingerprint density at radius 3 is 2.39 bits per heavy atom. The van der Waals surface area contributed by atoms with Crippen LogP contribution in [0.1, 0.15) is 29.9 Å². The predicted molar refractivity (Wildman–Crippen MR) is 123 cm³/mol. The van der Waals surface area contributed by atoms with Crippen molar-refractivity contribution in [3.8, 4) is 11.5 Å². The van der Waals surface area contributed by atoms with Crippen LogP contribution in [0.25, 0.3) is 11.0 Å². The van der Waals surface area contributed by atoms with Crippen LogP contribution in [0.15, 0.2) is 47.3 Å². The summed E-state index contributed by atoms with van der Waals surface area (Å²) in [6, 6.07) is 11.9. The highest BCUT2D eigenvalue weighted by molar-refractivity contribution is 5.94. The molecule has 1 N–H and O–H groups in total. The molecule has 1 amide bonds. The fourth-order valence-electron chi connectivity index (χ4n) is 3.24. The normalized spacial score (nSPS) is 10.6. The van der Waals surface area contributed by atoms with Gasteiger partial charge < -0.3 is 24.1 Å². The average molecular weight is 453 g/mol. The molecular weight excluding hydrogens is 426 g/mol. The fraction of sp³-hybridized carbons (Fsp3) is 0.333. The van der Waals surface area contributed by atoms with Crippen molar-refractivity contribution in [3.05, 3.63) is 64.1 Å². The van der Waals surface area contributed by atoms with Gasteiger partial charge in [0.1, 0.15) is 23.8 Å². The topological polar surface area (TPSA) is 109 Å². The Bertz CT molecular complexity index is 1190. The lowest BCUT2D eigenvalue weighted by atomic mass is 10.2. The van der Waals surface area contributed by atoms with E-state index in [4.69, 9.17) is 14.2 Å². The van der Waals surface area contributed by atoms with Gasteiger partial charge in [-0.15, -0.1) is 0 Å². The molecule has 1 heterocycles. The molecule has 3 aromatic rings. The zero-order valence-electron chi connectivity index (χ0n) is 18.9. The van der Waals surface area contributed by atoms with E-state index in [1.54, 1.807) is 41.8 Å². The van der Waals surface area contributed by atoms with Crippen molar-refractivity contribution in [2.24, 2.45) is 0 Å². The van der Waals surface area contributed by atoms with Gasteiger partial charge in [0.2, 0.25) is 0 Å². The summed E-state index contributed by atoms with van der Waals surface area (Å²) in [7, 11) is 0. The molecular formula is C24H27N3O6. The summed E-state index contributed by atoms with van der Waals surface area (Å²) in [5.74, 6) is 0.337. The molecule has 0 saturated heterocycles. The van der Waals surface area contributed by atoms with Gasteiger partial charge >= 0.3 is 5.97 Å². The summed E-state index contributed by atoms with van der Waals surface area (Å²) in [4.78, 5) is 40.8. The number of carbonyl (C=O) groups excluding carboxylic acids is 2. The molecule has 0 saturated carbocycles. The molecule has 0 radical (unpaired) electrons. The first-order valence-corrected chi connectivity index (χ1v) is 10.7. The smallest absolute Gasteiger partial charge is 0.338 e. The number of aromatic nitrogens is 2. The highest BCUT2D eigenvalue weighted by Gasteiger charge is 2.13. The van der Waals surface area contributed by atoms with E-state index >= 15 is 0 Å². The standard InChI is InChI=1S/C24H27N3O6/c1-4-27-21-11-6-17(14-20(21)26-16(3)23(27)29)24(30)33-15-22(28)25-12-13-32-19-9-7-18(8-10-19)31-5-2/h6-11,14H,4-5,12-13,15H2,1-3H3,(H,25,28). The third-order valence-corrected chi connectivity index (χ3v) is 4.82.